The molecular formula is C15H18Cl2N4. The molecule has 1 aromatic carbocycles. The van der Waals surface area contributed by atoms with E-state index in [1.807, 2.05) is 19.2 Å². The molecule has 1 aromatic heterocycles. The highest BCUT2D eigenvalue weighted by molar-refractivity contribution is 6.36. The Balaban J connectivity index is 2.13. The quantitative estimate of drug-likeness (QED) is 0.831. The summed E-state index contributed by atoms with van der Waals surface area (Å²) < 4.78 is 0. The molecule has 0 saturated carbocycles. The van der Waals surface area contributed by atoms with Crippen molar-refractivity contribution in [1.82, 2.24) is 9.97 Å². The summed E-state index contributed by atoms with van der Waals surface area (Å²) in [7, 11) is 2.02. The van der Waals surface area contributed by atoms with E-state index < -0.39 is 0 Å². The van der Waals surface area contributed by atoms with E-state index in [0.29, 0.717) is 15.9 Å². The summed E-state index contributed by atoms with van der Waals surface area (Å²) in [6.07, 6.45) is 3.83. The summed E-state index contributed by atoms with van der Waals surface area (Å²) in [6.45, 7) is 3.14. The molecule has 0 radical (unpaired) electrons. The molecule has 2 rings (SSSR count). The zero-order valence-electron chi connectivity index (χ0n) is 12.1. The van der Waals surface area contributed by atoms with Crippen molar-refractivity contribution in [2.45, 2.75) is 19.8 Å². The average molecular weight is 325 g/mol. The summed E-state index contributed by atoms with van der Waals surface area (Å²) in [6, 6.07) is 7.21. The Bertz CT molecular complexity index is 604. The number of hydrogen-bond donors (Lipinski definition) is 1. The average Bonchev–Trinajstić information content (AvgIpc) is 2.48. The highest BCUT2D eigenvalue weighted by atomic mass is 35.5. The van der Waals surface area contributed by atoms with Gasteiger partial charge in [0.25, 0.3) is 0 Å². The summed E-state index contributed by atoms with van der Waals surface area (Å²) in [5.74, 6) is 1.58. The van der Waals surface area contributed by atoms with Crippen LogP contribution in [0.25, 0.3) is 0 Å². The molecule has 2 aromatic rings. The summed E-state index contributed by atoms with van der Waals surface area (Å²) in [4.78, 5) is 10.6. The predicted octanol–water partition coefficient (Wildman–Crippen LogP) is 4.76. The van der Waals surface area contributed by atoms with Crippen LogP contribution in [0.15, 0.2) is 30.6 Å². The van der Waals surface area contributed by atoms with Crippen LogP contribution in [0.3, 0.4) is 0 Å². The molecule has 0 aliphatic carbocycles. The molecule has 0 unspecified atom stereocenters. The van der Waals surface area contributed by atoms with Gasteiger partial charge in [-0.05, 0) is 24.6 Å². The molecule has 0 fully saturated rings. The lowest BCUT2D eigenvalue weighted by Crippen LogP contribution is -2.19. The maximum Gasteiger partial charge on any atom is 0.135 e. The van der Waals surface area contributed by atoms with E-state index in [1.165, 1.54) is 0 Å². The molecule has 4 nitrogen and oxygen atoms in total. The van der Waals surface area contributed by atoms with E-state index in [-0.39, 0.29) is 0 Å². The Morgan fingerprint density at radius 3 is 2.71 bits per heavy atom. The van der Waals surface area contributed by atoms with Gasteiger partial charge >= 0.3 is 0 Å². The number of benzene rings is 1. The highest BCUT2D eigenvalue weighted by Crippen LogP contribution is 2.28. The van der Waals surface area contributed by atoms with E-state index in [9.17, 15) is 0 Å². The van der Waals surface area contributed by atoms with Gasteiger partial charge < -0.3 is 10.2 Å². The third-order valence-electron chi connectivity index (χ3n) is 3.08. The SMILES string of the molecule is CCCCN(C)c1cc(Nc2ccc(Cl)cc2Cl)ncn1. The first-order chi connectivity index (χ1) is 10.1. The first-order valence-electron chi connectivity index (χ1n) is 6.85. The predicted molar refractivity (Wildman–Crippen MR) is 90.0 cm³/mol. The van der Waals surface area contributed by atoms with Gasteiger partial charge in [0.15, 0.2) is 0 Å². The van der Waals surface area contributed by atoms with Crippen molar-refractivity contribution in [2.75, 3.05) is 23.8 Å². The van der Waals surface area contributed by atoms with Gasteiger partial charge in [0.1, 0.15) is 18.0 Å². The van der Waals surface area contributed by atoms with Crippen molar-refractivity contribution < 1.29 is 0 Å². The fourth-order valence-corrected chi connectivity index (χ4v) is 2.32. The summed E-state index contributed by atoms with van der Waals surface area (Å²) in [5, 5.41) is 4.34. The van der Waals surface area contributed by atoms with Gasteiger partial charge in [-0.25, -0.2) is 9.97 Å². The van der Waals surface area contributed by atoms with Crippen molar-refractivity contribution in [1.29, 1.82) is 0 Å². The second-order valence-corrected chi connectivity index (χ2v) is 5.63. The van der Waals surface area contributed by atoms with Crippen molar-refractivity contribution in [3.8, 4) is 0 Å². The number of halogens is 2. The smallest absolute Gasteiger partial charge is 0.135 e. The topological polar surface area (TPSA) is 41.0 Å². The number of nitrogens with one attached hydrogen (secondary N) is 1. The molecular weight excluding hydrogens is 307 g/mol. The molecule has 1 N–H and O–H groups in total. The molecule has 0 spiro atoms. The Hall–Kier alpha value is -1.52. The zero-order valence-corrected chi connectivity index (χ0v) is 13.6. The molecule has 21 heavy (non-hydrogen) atoms. The minimum atomic E-state index is 0.557. The lowest BCUT2D eigenvalue weighted by Gasteiger charge is -2.18. The van der Waals surface area contributed by atoms with E-state index in [2.05, 4.69) is 27.1 Å². The highest BCUT2D eigenvalue weighted by Gasteiger charge is 2.06. The van der Waals surface area contributed by atoms with E-state index in [4.69, 9.17) is 23.2 Å². The van der Waals surface area contributed by atoms with E-state index in [1.54, 1.807) is 18.5 Å². The first-order valence-corrected chi connectivity index (χ1v) is 7.61. The van der Waals surface area contributed by atoms with Crippen molar-refractivity contribution in [3.05, 3.63) is 40.6 Å². The Morgan fingerprint density at radius 1 is 1.19 bits per heavy atom. The fraction of sp³-hybridized carbons (Fsp3) is 0.333. The number of hydrogen-bond acceptors (Lipinski definition) is 4. The van der Waals surface area contributed by atoms with Crippen LogP contribution in [0.4, 0.5) is 17.3 Å². The normalized spacial score (nSPS) is 10.5. The van der Waals surface area contributed by atoms with Crippen LogP contribution in [-0.4, -0.2) is 23.6 Å². The summed E-state index contributed by atoms with van der Waals surface area (Å²) in [5.41, 5.74) is 0.766. The largest absolute Gasteiger partial charge is 0.360 e. The van der Waals surface area contributed by atoms with Gasteiger partial charge in [0, 0.05) is 24.7 Å². The van der Waals surface area contributed by atoms with Gasteiger partial charge in [0.2, 0.25) is 0 Å². The number of anilines is 3. The number of nitrogens with zero attached hydrogens (tertiary/aromatic N) is 3. The minimum Gasteiger partial charge on any atom is -0.360 e. The zero-order chi connectivity index (χ0) is 15.2. The lowest BCUT2D eigenvalue weighted by molar-refractivity contribution is 0.758. The molecule has 0 amide bonds. The molecule has 112 valence electrons. The van der Waals surface area contributed by atoms with Crippen LogP contribution in [0.2, 0.25) is 10.0 Å². The molecule has 0 aliphatic rings. The third kappa shape index (κ3) is 4.48. The first kappa shape index (κ1) is 15.9. The monoisotopic (exact) mass is 324 g/mol. The van der Waals surface area contributed by atoms with Crippen molar-refractivity contribution in [3.63, 3.8) is 0 Å². The Labute approximate surface area is 135 Å². The molecule has 0 saturated heterocycles. The second-order valence-electron chi connectivity index (χ2n) is 4.79. The van der Waals surface area contributed by atoms with Gasteiger partial charge in [-0.1, -0.05) is 36.5 Å². The van der Waals surface area contributed by atoms with Gasteiger partial charge in [-0.15, -0.1) is 0 Å². The Kier molecular flexibility index (Phi) is 5.65. The van der Waals surface area contributed by atoms with Crippen LogP contribution in [-0.2, 0) is 0 Å². The molecule has 6 heteroatoms. The fourth-order valence-electron chi connectivity index (χ4n) is 1.86. The minimum absolute atomic E-state index is 0.557. The van der Waals surface area contributed by atoms with Gasteiger partial charge in [-0.2, -0.15) is 0 Å². The molecule has 0 bridgehead atoms. The Morgan fingerprint density at radius 2 is 2.00 bits per heavy atom. The van der Waals surface area contributed by atoms with E-state index in [0.717, 1.165) is 30.9 Å². The lowest BCUT2D eigenvalue weighted by atomic mass is 10.3. The van der Waals surface area contributed by atoms with Crippen LogP contribution in [0.5, 0.6) is 0 Å². The molecule has 1 heterocycles. The maximum absolute atomic E-state index is 6.15. The maximum atomic E-state index is 6.15. The second kappa shape index (κ2) is 7.48. The van der Waals surface area contributed by atoms with Crippen LogP contribution in [0.1, 0.15) is 19.8 Å². The van der Waals surface area contributed by atoms with Gasteiger partial charge in [0.05, 0.1) is 10.7 Å². The number of unbranched alkanes of at least 4 members (excludes halogenated alkanes) is 1. The molecule has 0 atom stereocenters. The number of aromatic nitrogens is 2. The number of rotatable bonds is 6. The summed E-state index contributed by atoms with van der Waals surface area (Å²) >= 11 is 12.0. The van der Waals surface area contributed by atoms with E-state index >= 15 is 0 Å². The standard InChI is InChI=1S/C15H18Cl2N4/c1-3-4-7-21(2)15-9-14(18-10-19-15)20-13-6-5-11(16)8-12(13)17/h5-6,8-10H,3-4,7H2,1-2H3,(H,18,19,20). The van der Waals surface area contributed by atoms with Crippen LogP contribution >= 0.6 is 23.2 Å². The molecule has 0 aliphatic heterocycles. The van der Waals surface area contributed by atoms with Gasteiger partial charge in [-0.3, -0.25) is 0 Å². The van der Waals surface area contributed by atoms with Crippen LogP contribution < -0.4 is 10.2 Å². The van der Waals surface area contributed by atoms with Crippen LogP contribution in [0, 0.1) is 0 Å². The van der Waals surface area contributed by atoms with Crippen molar-refractivity contribution in [2.24, 2.45) is 0 Å². The third-order valence-corrected chi connectivity index (χ3v) is 3.63. The van der Waals surface area contributed by atoms with Crippen molar-refractivity contribution >= 4 is 40.5 Å².